The van der Waals surface area contributed by atoms with Crippen LogP contribution in [0.2, 0.25) is 0 Å². The number of carbonyl (C=O) groups is 1. The largest absolute Gasteiger partial charge is 0.395 e. The molecule has 1 aliphatic rings. The highest BCUT2D eigenvalue weighted by Gasteiger charge is 2.57. The predicted molar refractivity (Wildman–Crippen MR) is 59.4 cm³/mol. The average molecular weight is 217 g/mol. The van der Waals surface area contributed by atoms with Crippen LogP contribution >= 0.6 is 11.8 Å². The number of amides is 1. The lowest BCUT2D eigenvalue weighted by atomic mass is 10.2. The summed E-state index contributed by atoms with van der Waals surface area (Å²) in [6, 6.07) is 0. The highest BCUT2D eigenvalue weighted by Crippen LogP contribution is 2.36. The molecule has 0 aliphatic carbocycles. The fourth-order valence-electron chi connectivity index (χ4n) is 1.50. The van der Waals surface area contributed by atoms with Crippen LogP contribution < -0.4 is 0 Å². The molecule has 1 N–H and O–H groups in total. The van der Waals surface area contributed by atoms with Gasteiger partial charge in [-0.25, -0.2) is 0 Å². The molecule has 14 heavy (non-hydrogen) atoms. The Labute approximate surface area is 89.9 Å². The fourth-order valence-corrected chi connectivity index (χ4v) is 2.82. The molecule has 4 heteroatoms. The van der Waals surface area contributed by atoms with Crippen LogP contribution in [0, 0.1) is 0 Å². The Balaban J connectivity index is 2.20. The second kappa shape index (κ2) is 5.03. The third-order valence-corrected chi connectivity index (χ3v) is 3.94. The number of unbranched alkanes of at least 4 members (excludes halogenated alkanes) is 1. The Bertz CT molecular complexity index is 210. The quantitative estimate of drug-likeness (QED) is 0.513. The Morgan fingerprint density at radius 2 is 2.29 bits per heavy atom. The number of carbonyl (C=O) groups excluding carboxylic acids is 1. The van der Waals surface area contributed by atoms with Gasteiger partial charge in [0.15, 0.2) is 0 Å². The van der Waals surface area contributed by atoms with Crippen molar-refractivity contribution in [3.05, 3.63) is 0 Å². The smallest absolute Gasteiger partial charge is 0.250 e. The van der Waals surface area contributed by atoms with Gasteiger partial charge in [-0.3, -0.25) is 4.79 Å². The number of rotatable bonds is 7. The van der Waals surface area contributed by atoms with Crippen molar-refractivity contribution in [3.63, 3.8) is 0 Å². The SMILES string of the molecule is CCCCSCC1(C)C(=O)N1CCO. The average Bonchev–Trinajstić information content (AvgIpc) is 2.67. The van der Waals surface area contributed by atoms with Crippen LogP contribution in [0.15, 0.2) is 0 Å². The van der Waals surface area contributed by atoms with Gasteiger partial charge in [0.05, 0.1) is 6.61 Å². The minimum absolute atomic E-state index is 0.0704. The van der Waals surface area contributed by atoms with Gasteiger partial charge in [0.2, 0.25) is 5.91 Å². The van der Waals surface area contributed by atoms with Crippen LogP contribution in [0.3, 0.4) is 0 Å². The Morgan fingerprint density at radius 3 is 2.86 bits per heavy atom. The lowest BCUT2D eigenvalue weighted by Crippen LogP contribution is -2.20. The lowest BCUT2D eigenvalue weighted by molar-refractivity contribution is -0.114. The number of nitrogens with zero attached hydrogens (tertiary/aromatic N) is 1. The van der Waals surface area contributed by atoms with E-state index in [0.29, 0.717) is 6.54 Å². The van der Waals surface area contributed by atoms with E-state index in [1.54, 1.807) is 4.90 Å². The van der Waals surface area contributed by atoms with Gasteiger partial charge in [-0.2, -0.15) is 11.8 Å². The summed E-state index contributed by atoms with van der Waals surface area (Å²) in [6.07, 6.45) is 2.42. The fraction of sp³-hybridized carbons (Fsp3) is 0.900. The molecule has 0 aromatic carbocycles. The topological polar surface area (TPSA) is 40.3 Å². The van der Waals surface area contributed by atoms with Gasteiger partial charge >= 0.3 is 0 Å². The molecule has 1 aliphatic heterocycles. The van der Waals surface area contributed by atoms with Crippen molar-refractivity contribution in [3.8, 4) is 0 Å². The molecule has 0 saturated carbocycles. The van der Waals surface area contributed by atoms with Crippen molar-refractivity contribution in [2.75, 3.05) is 24.7 Å². The maximum absolute atomic E-state index is 11.4. The maximum atomic E-state index is 11.4. The summed E-state index contributed by atoms with van der Waals surface area (Å²) < 4.78 is 0. The van der Waals surface area contributed by atoms with Gasteiger partial charge < -0.3 is 10.0 Å². The third-order valence-electron chi connectivity index (χ3n) is 2.60. The van der Waals surface area contributed by atoms with E-state index in [1.165, 1.54) is 12.8 Å². The second-order valence-corrected chi connectivity index (χ2v) is 4.97. The van der Waals surface area contributed by atoms with Crippen LogP contribution in [0.5, 0.6) is 0 Å². The first-order valence-electron chi connectivity index (χ1n) is 5.17. The molecular weight excluding hydrogens is 198 g/mol. The number of thioether (sulfide) groups is 1. The van der Waals surface area contributed by atoms with Crippen molar-refractivity contribution in [2.45, 2.75) is 32.2 Å². The summed E-state index contributed by atoms with van der Waals surface area (Å²) in [5.41, 5.74) is -0.277. The van der Waals surface area contributed by atoms with Crippen molar-refractivity contribution in [1.29, 1.82) is 0 Å². The molecule has 0 aromatic heterocycles. The summed E-state index contributed by atoms with van der Waals surface area (Å²) >= 11 is 1.84. The number of β-amino-alcohol motifs (C(OH)–C–C–N with tert-alkyl or cyclic N) is 1. The molecule has 0 aromatic rings. The van der Waals surface area contributed by atoms with E-state index in [0.717, 1.165) is 11.5 Å². The van der Waals surface area contributed by atoms with Crippen LogP contribution in [0.25, 0.3) is 0 Å². The first-order valence-corrected chi connectivity index (χ1v) is 6.33. The molecule has 1 fully saturated rings. The summed E-state index contributed by atoms with van der Waals surface area (Å²) in [5.74, 6) is 2.19. The molecule has 1 heterocycles. The van der Waals surface area contributed by atoms with E-state index >= 15 is 0 Å². The van der Waals surface area contributed by atoms with E-state index in [1.807, 2.05) is 18.7 Å². The third kappa shape index (κ3) is 2.42. The number of aliphatic hydroxyl groups excluding tert-OH is 1. The molecule has 1 unspecified atom stereocenters. The van der Waals surface area contributed by atoms with Gasteiger partial charge in [-0.05, 0) is 19.1 Å². The molecule has 3 nitrogen and oxygen atoms in total. The van der Waals surface area contributed by atoms with Crippen LogP contribution in [0.1, 0.15) is 26.7 Å². The Morgan fingerprint density at radius 1 is 1.57 bits per heavy atom. The van der Waals surface area contributed by atoms with E-state index in [4.69, 9.17) is 5.11 Å². The van der Waals surface area contributed by atoms with Gasteiger partial charge in [0, 0.05) is 12.3 Å². The zero-order valence-corrected chi connectivity index (χ0v) is 9.77. The minimum Gasteiger partial charge on any atom is -0.395 e. The summed E-state index contributed by atoms with van der Waals surface area (Å²) in [4.78, 5) is 13.2. The van der Waals surface area contributed by atoms with Crippen LogP contribution in [-0.2, 0) is 4.79 Å². The van der Waals surface area contributed by atoms with E-state index in [-0.39, 0.29) is 18.1 Å². The van der Waals surface area contributed by atoms with Gasteiger partial charge in [0.1, 0.15) is 5.54 Å². The highest BCUT2D eigenvalue weighted by atomic mass is 32.2. The zero-order valence-electron chi connectivity index (χ0n) is 8.95. The summed E-state index contributed by atoms with van der Waals surface area (Å²) in [5, 5.41) is 8.74. The predicted octanol–water partition coefficient (Wildman–Crippen LogP) is 1.11. The zero-order chi connectivity index (χ0) is 10.6. The summed E-state index contributed by atoms with van der Waals surface area (Å²) in [7, 11) is 0. The van der Waals surface area contributed by atoms with Gasteiger partial charge in [-0.15, -0.1) is 0 Å². The molecule has 82 valence electrons. The molecular formula is C10H19NO2S. The van der Waals surface area contributed by atoms with E-state index in [9.17, 15) is 4.79 Å². The van der Waals surface area contributed by atoms with Crippen LogP contribution in [-0.4, -0.2) is 46.1 Å². The normalized spacial score (nSPS) is 25.6. The molecule has 0 spiro atoms. The Kier molecular flexibility index (Phi) is 4.26. The van der Waals surface area contributed by atoms with Crippen molar-refractivity contribution in [2.24, 2.45) is 0 Å². The number of hydrogen-bond acceptors (Lipinski definition) is 3. The maximum Gasteiger partial charge on any atom is 0.250 e. The highest BCUT2D eigenvalue weighted by molar-refractivity contribution is 7.99. The lowest BCUT2D eigenvalue weighted by Gasteiger charge is -2.08. The van der Waals surface area contributed by atoms with Crippen molar-refractivity contribution in [1.82, 2.24) is 4.90 Å². The van der Waals surface area contributed by atoms with Crippen molar-refractivity contribution < 1.29 is 9.90 Å². The Hall–Kier alpha value is -0.220. The number of hydrogen-bond donors (Lipinski definition) is 1. The standard InChI is InChI=1S/C10H19NO2S/c1-3-4-7-14-8-10(2)9(13)11(10)5-6-12/h12H,3-8H2,1-2H3. The molecule has 1 saturated heterocycles. The number of aliphatic hydroxyl groups is 1. The van der Waals surface area contributed by atoms with Crippen LogP contribution in [0.4, 0.5) is 0 Å². The minimum atomic E-state index is -0.277. The molecule has 0 radical (unpaired) electrons. The summed E-state index contributed by atoms with van der Waals surface area (Å²) in [6.45, 7) is 4.69. The monoisotopic (exact) mass is 217 g/mol. The first-order chi connectivity index (χ1) is 6.66. The van der Waals surface area contributed by atoms with E-state index in [2.05, 4.69) is 6.92 Å². The van der Waals surface area contributed by atoms with E-state index < -0.39 is 0 Å². The molecule has 1 rings (SSSR count). The first kappa shape index (κ1) is 11.9. The van der Waals surface area contributed by atoms with Crippen molar-refractivity contribution >= 4 is 17.7 Å². The molecule has 1 amide bonds. The molecule has 1 atom stereocenters. The van der Waals surface area contributed by atoms with Gasteiger partial charge in [0.25, 0.3) is 0 Å². The second-order valence-electron chi connectivity index (χ2n) is 3.86. The molecule has 0 bridgehead atoms. The van der Waals surface area contributed by atoms with Gasteiger partial charge in [-0.1, -0.05) is 13.3 Å².